The second-order valence-corrected chi connectivity index (χ2v) is 8.03. The van der Waals surface area contributed by atoms with Crippen molar-refractivity contribution in [3.05, 3.63) is 69.6 Å². The van der Waals surface area contributed by atoms with Crippen LogP contribution in [-0.2, 0) is 19.4 Å². The molecule has 0 atom stereocenters. The molecule has 1 saturated heterocycles. The minimum Gasteiger partial charge on any atom is -0.497 e. The van der Waals surface area contributed by atoms with E-state index in [-0.39, 0.29) is 5.63 Å². The van der Waals surface area contributed by atoms with E-state index in [2.05, 4.69) is 34.1 Å². The molecule has 2 heterocycles. The highest BCUT2D eigenvalue weighted by molar-refractivity contribution is 5.82. The van der Waals surface area contributed by atoms with Gasteiger partial charge in [-0.05, 0) is 60.2 Å². The van der Waals surface area contributed by atoms with Crippen molar-refractivity contribution < 1.29 is 9.15 Å². The SMILES string of the molecule is COc1cccc(N2CCN(Cc3cc(=O)oc4cc5c(cc34)CCC5)CC2)c1. The van der Waals surface area contributed by atoms with Gasteiger partial charge in [0.05, 0.1) is 7.11 Å². The highest BCUT2D eigenvalue weighted by atomic mass is 16.5. The quantitative estimate of drug-likeness (QED) is 0.637. The first-order valence-electron chi connectivity index (χ1n) is 10.4. The molecule has 29 heavy (non-hydrogen) atoms. The Morgan fingerprint density at radius 1 is 1.00 bits per heavy atom. The van der Waals surface area contributed by atoms with Crippen molar-refractivity contribution in [2.75, 3.05) is 38.2 Å². The first-order valence-corrected chi connectivity index (χ1v) is 10.4. The molecule has 3 aromatic rings. The zero-order valence-electron chi connectivity index (χ0n) is 16.8. The van der Waals surface area contributed by atoms with Crippen LogP contribution in [0.4, 0.5) is 5.69 Å². The van der Waals surface area contributed by atoms with Crippen LogP contribution in [0.15, 0.2) is 51.7 Å². The summed E-state index contributed by atoms with van der Waals surface area (Å²) in [7, 11) is 1.70. The fourth-order valence-electron chi connectivity index (χ4n) is 4.64. The summed E-state index contributed by atoms with van der Waals surface area (Å²) in [6.45, 7) is 4.63. The number of aryl methyl sites for hydroxylation is 2. The number of methoxy groups -OCH3 is 1. The maximum Gasteiger partial charge on any atom is 0.336 e. The molecule has 2 aromatic carbocycles. The molecule has 0 unspecified atom stereocenters. The van der Waals surface area contributed by atoms with Crippen LogP contribution < -0.4 is 15.3 Å². The van der Waals surface area contributed by atoms with Gasteiger partial charge in [-0.15, -0.1) is 0 Å². The summed E-state index contributed by atoms with van der Waals surface area (Å²) in [4.78, 5) is 17.0. The molecule has 0 bridgehead atoms. The lowest BCUT2D eigenvalue weighted by molar-refractivity contribution is 0.250. The molecule has 0 saturated carbocycles. The molecule has 5 heteroatoms. The molecule has 1 aliphatic heterocycles. The van der Waals surface area contributed by atoms with Gasteiger partial charge in [-0.2, -0.15) is 0 Å². The van der Waals surface area contributed by atoms with E-state index in [0.29, 0.717) is 0 Å². The number of hydrogen-bond donors (Lipinski definition) is 0. The third-order valence-corrected chi connectivity index (χ3v) is 6.23. The number of nitrogens with zero attached hydrogens (tertiary/aromatic N) is 2. The standard InChI is InChI=1S/C24H26N2O3/c1-28-21-7-3-6-20(15-21)26-10-8-25(9-11-26)16-19-14-24(27)29-23-13-18-5-2-4-17(18)12-22(19)23/h3,6-7,12-15H,2,4-5,8-11,16H2,1H3. The molecule has 5 nitrogen and oxygen atoms in total. The van der Waals surface area contributed by atoms with Crippen LogP contribution in [0.5, 0.6) is 5.75 Å². The van der Waals surface area contributed by atoms with Gasteiger partial charge in [0, 0.05) is 55.9 Å². The van der Waals surface area contributed by atoms with E-state index < -0.39 is 0 Å². The number of rotatable bonds is 4. The zero-order chi connectivity index (χ0) is 19.8. The van der Waals surface area contributed by atoms with Crippen molar-refractivity contribution in [2.24, 2.45) is 0 Å². The Kier molecular flexibility index (Phi) is 4.76. The van der Waals surface area contributed by atoms with Crippen LogP contribution in [0.2, 0.25) is 0 Å². The molecular formula is C24H26N2O3. The Bertz CT molecular complexity index is 1100. The van der Waals surface area contributed by atoms with E-state index in [1.165, 1.54) is 23.2 Å². The third-order valence-electron chi connectivity index (χ3n) is 6.23. The fourth-order valence-corrected chi connectivity index (χ4v) is 4.64. The normalized spacial score (nSPS) is 16.9. The van der Waals surface area contributed by atoms with Crippen LogP contribution >= 0.6 is 0 Å². The van der Waals surface area contributed by atoms with Crippen LogP contribution in [0.25, 0.3) is 11.0 Å². The topological polar surface area (TPSA) is 45.9 Å². The number of piperazine rings is 1. The fraction of sp³-hybridized carbons (Fsp3) is 0.375. The summed E-state index contributed by atoms with van der Waals surface area (Å²) in [5.41, 5.74) is 5.52. The Morgan fingerprint density at radius 3 is 2.59 bits per heavy atom. The third kappa shape index (κ3) is 3.62. The van der Waals surface area contributed by atoms with Gasteiger partial charge < -0.3 is 14.1 Å². The van der Waals surface area contributed by atoms with E-state index in [4.69, 9.17) is 9.15 Å². The molecule has 150 valence electrons. The van der Waals surface area contributed by atoms with E-state index in [0.717, 1.165) is 67.8 Å². The van der Waals surface area contributed by atoms with Crippen LogP contribution in [-0.4, -0.2) is 38.2 Å². The lowest BCUT2D eigenvalue weighted by Gasteiger charge is -2.36. The summed E-state index contributed by atoms with van der Waals surface area (Å²) >= 11 is 0. The molecule has 0 radical (unpaired) electrons. The van der Waals surface area contributed by atoms with Crippen LogP contribution in [0.1, 0.15) is 23.1 Å². The summed E-state index contributed by atoms with van der Waals surface area (Å²) in [6.07, 6.45) is 3.41. The summed E-state index contributed by atoms with van der Waals surface area (Å²) in [5.74, 6) is 0.889. The average molecular weight is 390 g/mol. The summed E-state index contributed by atoms with van der Waals surface area (Å²) in [6, 6.07) is 14.3. The van der Waals surface area contributed by atoms with Crippen LogP contribution in [0.3, 0.4) is 0 Å². The molecule has 2 aliphatic rings. The molecule has 5 rings (SSSR count). The van der Waals surface area contributed by atoms with Crippen molar-refractivity contribution in [3.63, 3.8) is 0 Å². The van der Waals surface area contributed by atoms with Crippen molar-refractivity contribution in [1.29, 1.82) is 0 Å². The Balaban J connectivity index is 1.34. The van der Waals surface area contributed by atoms with Crippen molar-refractivity contribution >= 4 is 16.7 Å². The average Bonchev–Trinajstić information content (AvgIpc) is 3.20. The van der Waals surface area contributed by atoms with E-state index in [9.17, 15) is 4.79 Å². The predicted octanol–water partition coefficient (Wildman–Crippen LogP) is 3.61. The largest absolute Gasteiger partial charge is 0.497 e. The number of ether oxygens (including phenoxy) is 1. The van der Waals surface area contributed by atoms with E-state index in [1.807, 2.05) is 12.1 Å². The maximum atomic E-state index is 12.1. The predicted molar refractivity (Wildman–Crippen MR) is 115 cm³/mol. The minimum atomic E-state index is -0.250. The molecule has 0 spiro atoms. The van der Waals surface area contributed by atoms with Gasteiger partial charge in [0.25, 0.3) is 0 Å². The van der Waals surface area contributed by atoms with Gasteiger partial charge in [0.15, 0.2) is 0 Å². The van der Waals surface area contributed by atoms with Gasteiger partial charge in [0.2, 0.25) is 0 Å². The zero-order valence-corrected chi connectivity index (χ0v) is 16.8. The lowest BCUT2D eigenvalue weighted by Crippen LogP contribution is -2.46. The maximum absolute atomic E-state index is 12.1. The Hall–Kier alpha value is -2.79. The monoisotopic (exact) mass is 390 g/mol. The molecule has 1 aliphatic carbocycles. The first kappa shape index (κ1) is 18.3. The Labute approximate surface area is 170 Å². The number of hydrogen-bond acceptors (Lipinski definition) is 5. The molecule has 1 aromatic heterocycles. The van der Waals surface area contributed by atoms with Gasteiger partial charge in [-0.1, -0.05) is 6.07 Å². The lowest BCUT2D eigenvalue weighted by atomic mass is 10.0. The van der Waals surface area contributed by atoms with Gasteiger partial charge in [-0.25, -0.2) is 4.79 Å². The number of fused-ring (bicyclic) bond motifs is 2. The van der Waals surface area contributed by atoms with Gasteiger partial charge in [-0.3, -0.25) is 4.90 Å². The highest BCUT2D eigenvalue weighted by Crippen LogP contribution is 2.29. The number of anilines is 1. The van der Waals surface area contributed by atoms with Gasteiger partial charge in [0.1, 0.15) is 11.3 Å². The molecule has 0 N–H and O–H groups in total. The van der Waals surface area contributed by atoms with Crippen molar-refractivity contribution in [1.82, 2.24) is 4.90 Å². The second-order valence-electron chi connectivity index (χ2n) is 8.03. The van der Waals surface area contributed by atoms with Crippen molar-refractivity contribution in [3.8, 4) is 5.75 Å². The van der Waals surface area contributed by atoms with Gasteiger partial charge >= 0.3 is 5.63 Å². The Morgan fingerprint density at radius 2 is 1.79 bits per heavy atom. The summed E-state index contributed by atoms with van der Waals surface area (Å²) < 4.78 is 10.9. The molecule has 0 amide bonds. The second kappa shape index (κ2) is 7.56. The smallest absolute Gasteiger partial charge is 0.336 e. The van der Waals surface area contributed by atoms with E-state index in [1.54, 1.807) is 13.2 Å². The van der Waals surface area contributed by atoms with Crippen molar-refractivity contribution in [2.45, 2.75) is 25.8 Å². The molecule has 1 fully saturated rings. The van der Waals surface area contributed by atoms with E-state index >= 15 is 0 Å². The molecular weight excluding hydrogens is 364 g/mol. The number of benzene rings is 2. The first-order chi connectivity index (χ1) is 14.2. The highest BCUT2D eigenvalue weighted by Gasteiger charge is 2.20. The van der Waals surface area contributed by atoms with Crippen LogP contribution in [0, 0.1) is 0 Å². The summed E-state index contributed by atoms with van der Waals surface area (Å²) in [5, 5.41) is 1.10. The minimum absolute atomic E-state index is 0.250.